The van der Waals surface area contributed by atoms with E-state index in [1.807, 2.05) is 0 Å². The fourth-order valence-corrected chi connectivity index (χ4v) is 2.11. The number of nitrogens with zero attached hydrogens (tertiary/aromatic N) is 2. The molecule has 0 unspecified atom stereocenters. The van der Waals surface area contributed by atoms with Crippen molar-refractivity contribution in [3.8, 4) is 0 Å². The predicted octanol–water partition coefficient (Wildman–Crippen LogP) is 2.86. The van der Waals surface area contributed by atoms with Crippen molar-refractivity contribution in [3.05, 3.63) is 39.9 Å². The molecule has 0 N–H and O–H groups in total. The number of rotatable bonds is 1. The van der Waals surface area contributed by atoms with Crippen LogP contribution in [0.1, 0.15) is 33.3 Å². The summed E-state index contributed by atoms with van der Waals surface area (Å²) in [5.74, 6) is -12.4. The zero-order chi connectivity index (χ0) is 17.2. The predicted molar refractivity (Wildman–Crippen MR) is 64.7 cm³/mol. The van der Waals surface area contributed by atoms with Crippen LogP contribution in [-0.4, -0.2) is 26.7 Å². The number of hydroxylamine groups is 3. The molecule has 1 radical (unpaired) electrons. The molecule has 9 heteroatoms. The lowest BCUT2D eigenvalue weighted by Gasteiger charge is -2.32. The summed E-state index contributed by atoms with van der Waals surface area (Å²) in [6.45, 7) is 5.29. The van der Waals surface area contributed by atoms with Gasteiger partial charge in [0.1, 0.15) is 11.1 Å². The summed E-state index contributed by atoms with van der Waals surface area (Å²) in [6, 6.07) is 0. The van der Waals surface area contributed by atoms with Gasteiger partial charge in [-0.15, -0.1) is 0 Å². The largest absolute Gasteiger partial charge is 0.714 e. The summed E-state index contributed by atoms with van der Waals surface area (Å²) in [6.07, 6.45) is 0. The fourth-order valence-electron chi connectivity index (χ4n) is 2.11. The standard InChI is InChI=1S/C13H12F5N2O2/c1-12(2)13(3,4)20(22)11(19(12)21)5-6(14)8(16)10(18)9(17)7(5)15/h1-4H3. The minimum absolute atomic E-state index is 0.0295. The van der Waals surface area contributed by atoms with Gasteiger partial charge in [0.15, 0.2) is 28.8 Å². The highest BCUT2D eigenvalue weighted by Gasteiger charge is 2.61. The van der Waals surface area contributed by atoms with Gasteiger partial charge in [-0.1, -0.05) is 5.06 Å². The minimum atomic E-state index is -2.36. The van der Waals surface area contributed by atoms with Gasteiger partial charge < -0.3 is 5.21 Å². The molecule has 1 aromatic carbocycles. The molecule has 0 saturated heterocycles. The van der Waals surface area contributed by atoms with Crippen LogP contribution < -0.4 is 0 Å². The maximum atomic E-state index is 13.8. The van der Waals surface area contributed by atoms with E-state index >= 15 is 0 Å². The molecule has 0 aliphatic carbocycles. The highest BCUT2D eigenvalue weighted by atomic mass is 19.2. The van der Waals surface area contributed by atoms with Crippen molar-refractivity contribution >= 4 is 5.84 Å². The van der Waals surface area contributed by atoms with Crippen molar-refractivity contribution in [1.82, 2.24) is 5.06 Å². The van der Waals surface area contributed by atoms with E-state index in [1.165, 1.54) is 27.7 Å². The molecule has 4 nitrogen and oxygen atoms in total. The van der Waals surface area contributed by atoms with Crippen molar-refractivity contribution in [1.29, 1.82) is 0 Å². The molecule has 0 fully saturated rings. The third-order valence-corrected chi connectivity index (χ3v) is 4.33. The van der Waals surface area contributed by atoms with E-state index in [4.69, 9.17) is 0 Å². The Labute approximate surface area is 122 Å². The van der Waals surface area contributed by atoms with Crippen molar-refractivity contribution in [3.63, 3.8) is 0 Å². The highest BCUT2D eigenvalue weighted by molar-refractivity contribution is 5.96. The first kappa shape index (κ1) is 16.5. The second-order valence-corrected chi connectivity index (χ2v) is 5.98. The summed E-state index contributed by atoms with van der Waals surface area (Å²) < 4.78 is 67.3. The molecule has 0 aromatic heterocycles. The van der Waals surface area contributed by atoms with Gasteiger partial charge in [0, 0.05) is 5.21 Å². The zero-order valence-electron chi connectivity index (χ0n) is 12.1. The number of hydrogen-bond acceptors (Lipinski definition) is 2. The van der Waals surface area contributed by atoms with E-state index in [0.29, 0.717) is 0 Å². The molecule has 1 aromatic rings. The van der Waals surface area contributed by atoms with Gasteiger partial charge >= 0.3 is 5.84 Å². The third kappa shape index (κ3) is 1.74. The molecule has 0 spiro atoms. The molecular weight excluding hydrogens is 311 g/mol. The van der Waals surface area contributed by atoms with Crippen LogP contribution in [0.4, 0.5) is 22.0 Å². The van der Waals surface area contributed by atoms with Crippen LogP contribution in [0.15, 0.2) is 0 Å². The Morgan fingerprint density at radius 1 is 0.864 bits per heavy atom. The SMILES string of the molecule is CC1(C)N([O])C(c2c(F)c(F)c(F)c(F)c2F)=[N+]([O-])C1(C)C. The summed E-state index contributed by atoms with van der Waals surface area (Å²) in [5, 5.41) is 24.4. The molecule has 1 heterocycles. The number of amidine groups is 1. The van der Waals surface area contributed by atoms with Crippen LogP contribution in [0, 0.1) is 34.3 Å². The van der Waals surface area contributed by atoms with Gasteiger partial charge in [-0.05, 0) is 27.7 Å². The monoisotopic (exact) mass is 323 g/mol. The van der Waals surface area contributed by atoms with Gasteiger partial charge in [0.25, 0.3) is 0 Å². The second-order valence-electron chi connectivity index (χ2n) is 5.98. The van der Waals surface area contributed by atoms with Gasteiger partial charge in [0.05, 0.1) is 0 Å². The van der Waals surface area contributed by atoms with E-state index in [0.717, 1.165) is 0 Å². The smallest absolute Gasteiger partial charge is 0.323 e. The van der Waals surface area contributed by atoms with Crippen LogP contribution in [0.3, 0.4) is 0 Å². The van der Waals surface area contributed by atoms with E-state index in [2.05, 4.69) is 0 Å². The Balaban J connectivity index is 2.87. The van der Waals surface area contributed by atoms with Crippen LogP contribution in [-0.2, 0) is 5.21 Å². The molecule has 0 bridgehead atoms. The van der Waals surface area contributed by atoms with Gasteiger partial charge in [-0.3, -0.25) is 4.74 Å². The number of hydrogen-bond donors (Lipinski definition) is 0. The van der Waals surface area contributed by atoms with Gasteiger partial charge in [0.2, 0.25) is 5.82 Å². The number of benzene rings is 1. The van der Waals surface area contributed by atoms with Crippen molar-refractivity contribution in [2.75, 3.05) is 0 Å². The molecule has 0 saturated carbocycles. The van der Waals surface area contributed by atoms with Crippen molar-refractivity contribution < 1.29 is 31.9 Å². The van der Waals surface area contributed by atoms with Crippen LogP contribution in [0.5, 0.6) is 0 Å². The van der Waals surface area contributed by atoms with Crippen LogP contribution in [0.25, 0.3) is 0 Å². The second kappa shape index (κ2) is 4.55. The van der Waals surface area contributed by atoms with E-state index < -0.39 is 51.6 Å². The van der Waals surface area contributed by atoms with Gasteiger partial charge in [-0.2, -0.15) is 0 Å². The van der Waals surface area contributed by atoms with Crippen molar-refractivity contribution in [2.24, 2.45) is 0 Å². The van der Waals surface area contributed by atoms with Gasteiger partial charge in [-0.25, -0.2) is 22.0 Å². The molecule has 121 valence electrons. The average Bonchev–Trinajstić information content (AvgIpc) is 2.55. The summed E-state index contributed by atoms with van der Waals surface area (Å²) in [7, 11) is 0. The molecule has 22 heavy (non-hydrogen) atoms. The van der Waals surface area contributed by atoms with E-state index in [1.54, 1.807) is 0 Å². The van der Waals surface area contributed by atoms with Crippen LogP contribution >= 0.6 is 0 Å². The van der Waals surface area contributed by atoms with Crippen molar-refractivity contribution in [2.45, 2.75) is 38.8 Å². The molecular formula is C13H12F5N2O2. The fraction of sp³-hybridized carbons (Fsp3) is 0.462. The molecule has 1 aliphatic rings. The Hall–Kier alpha value is -1.90. The highest BCUT2D eigenvalue weighted by Crippen LogP contribution is 2.38. The maximum Gasteiger partial charge on any atom is 0.323 e. The normalized spacial score (nSPS) is 20.0. The Kier molecular flexibility index (Phi) is 3.40. The third-order valence-electron chi connectivity index (χ3n) is 4.33. The first-order valence-electron chi connectivity index (χ1n) is 6.20. The first-order chi connectivity index (χ1) is 9.87. The molecule has 1 aliphatic heterocycles. The zero-order valence-corrected chi connectivity index (χ0v) is 12.1. The molecule has 0 amide bonds. The van der Waals surface area contributed by atoms with Crippen LogP contribution in [0.2, 0.25) is 0 Å². The summed E-state index contributed by atoms with van der Waals surface area (Å²) in [4.78, 5) is 0. The lowest BCUT2D eigenvalue weighted by atomic mass is 9.84. The maximum absolute atomic E-state index is 13.8. The lowest BCUT2D eigenvalue weighted by molar-refractivity contribution is -0.539. The lowest BCUT2D eigenvalue weighted by Crippen LogP contribution is -2.53. The Morgan fingerprint density at radius 2 is 1.23 bits per heavy atom. The Bertz CT molecular complexity index is 671. The quantitative estimate of drug-likeness (QED) is 0.262. The Morgan fingerprint density at radius 3 is 1.55 bits per heavy atom. The minimum Gasteiger partial charge on any atom is -0.714 e. The average molecular weight is 323 g/mol. The summed E-state index contributed by atoms with van der Waals surface area (Å²) in [5.41, 5.74) is -4.44. The molecule has 2 rings (SSSR count). The summed E-state index contributed by atoms with van der Waals surface area (Å²) >= 11 is 0. The molecule has 0 atom stereocenters. The van der Waals surface area contributed by atoms with E-state index in [-0.39, 0.29) is 9.80 Å². The van der Waals surface area contributed by atoms with E-state index in [9.17, 15) is 32.4 Å². The number of halogens is 5. The topological polar surface area (TPSA) is 49.2 Å². The first-order valence-corrected chi connectivity index (χ1v) is 6.20.